The van der Waals surface area contributed by atoms with Crippen molar-refractivity contribution >= 4 is 11.6 Å². The molecule has 0 aliphatic carbocycles. The predicted molar refractivity (Wildman–Crippen MR) is 101 cm³/mol. The van der Waals surface area contributed by atoms with Crippen molar-refractivity contribution in [2.24, 2.45) is 5.16 Å². The molecular weight excluding hydrogens is 344 g/mol. The van der Waals surface area contributed by atoms with Crippen molar-refractivity contribution in [1.29, 1.82) is 0 Å². The topological polar surface area (TPSA) is 60.4 Å². The molecule has 0 fully saturated rings. The zero-order valence-electron chi connectivity index (χ0n) is 15.5. The minimum atomic E-state index is -0.571. The fourth-order valence-electron chi connectivity index (χ4n) is 3.58. The lowest BCUT2D eigenvalue weighted by atomic mass is 9.98. The van der Waals surface area contributed by atoms with Gasteiger partial charge in [0, 0.05) is 25.1 Å². The molecule has 140 valence electrons. The summed E-state index contributed by atoms with van der Waals surface area (Å²) in [6.07, 6.45) is 0.753. The van der Waals surface area contributed by atoms with E-state index in [1.165, 1.54) is 11.1 Å². The van der Waals surface area contributed by atoms with Gasteiger partial charge in [0.2, 0.25) is 6.10 Å². The van der Waals surface area contributed by atoms with Gasteiger partial charge < -0.3 is 19.2 Å². The quantitative estimate of drug-likeness (QED) is 0.835. The monoisotopic (exact) mass is 366 g/mol. The molecule has 0 saturated carbocycles. The number of fused-ring (bicyclic) bond motifs is 1. The number of carbonyl (C=O) groups excluding carboxylic acids is 1. The Morgan fingerprint density at radius 1 is 1.11 bits per heavy atom. The number of rotatable bonds is 4. The molecule has 6 nitrogen and oxygen atoms in total. The molecule has 2 aromatic rings. The molecule has 0 radical (unpaired) electrons. The zero-order valence-corrected chi connectivity index (χ0v) is 15.5. The highest BCUT2D eigenvalue weighted by Gasteiger charge is 2.34. The summed E-state index contributed by atoms with van der Waals surface area (Å²) < 4.78 is 10.6. The van der Waals surface area contributed by atoms with E-state index in [0.29, 0.717) is 31.0 Å². The molecule has 0 saturated heterocycles. The Labute approximate surface area is 158 Å². The molecule has 0 bridgehead atoms. The third-order valence-corrected chi connectivity index (χ3v) is 5.10. The zero-order chi connectivity index (χ0) is 18.8. The summed E-state index contributed by atoms with van der Waals surface area (Å²) in [5.74, 6) is 1.27. The minimum Gasteiger partial charge on any atom is -0.493 e. The molecule has 2 aliphatic rings. The molecule has 4 rings (SSSR count). The van der Waals surface area contributed by atoms with Crippen LogP contribution in [0.1, 0.15) is 23.1 Å². The number of oxime groups is 1. The number of amides is 1. The Morgan fingerprint density at radius 3 is 2.67 bits per heavy atom. The van der Waals surface area contributed by atoms with Crippen LogP contribution in [0.4, 0.5) is 0 Å². The Bertz CT molecular complexity index is 894. The Hall–Kier alpha value is -3.02. The first-order valence-electron chi connectivity index (χ1n) is 9.00. The van der Waals surface area contributed by atoms with Gasteiger partial charge in [0.15, 0.2) is 11.5 Å². The van der Waals surface area contributed by atoms with Crippen LogP contribution in [-0.2, 0) is 22.6 Å². The second-order valence-corrected chi connectivity index (χ2v) is 6.68. The standard InChI is InChI=1S/C21H22N2O4/c1-25-18-8-7-15(11-19(18)26-2)17-12-20(27-22-17)21(24)23-10-9-14-5-3-4-6-16(14)13-23/h3-8,11,20H,9-10,12-13H2,1-2H3/t20-/m1/s1. The van der Waals surface area contributed by atoms with E-state index in [0.717, 1.165) is 17.7 Å². The first-order chi connectivity index (χ1) is 13.2. The van der Waals surface area contributed by atoms with E-state index in [4.69, 9.17) is 14.3 Å². The number of carbonyl (C=O) groups is 1. The van der Waals surface area contributed by atoms with Gasteiger partial charge in [0.1, 0.15) is 0 Å². The van der Waals surface area contributed by atoms with E-state index in [2.05, 4.69) is 17.3 Å². The largest absolute Gasteiger partial charge is 0.493 e. The smallest absolute Gasteiger partial charge is 0.267 e. The number of ether oxygens (including phenoxy) is 2. The SMILES string of the molecule is COc1ccc(C2=NO[C@@H](C(=O)N3CCc4ccccc4C3)C2)cc1OC. The average Bonchev–Trinajstić information content (AvgIpc) is 3.22. The average molecular weight is 366 g/mol. The highest BCUT2D eigenvalue weighted by Crippen LogP contribution is 2.30. The number of hydrogen-bond acceptors (Lipinski definition) is 5. The van der Waals surface area contributed by atoms with Gasteiger partial charge in [0.25, 0.3) is 5.91 Å². The number of methoxy groups -OCH3 is 2. The fourth-order valence-corrected chi connectivity index (χ4v) is 3.58. The lowest BCUT2D eigenvalue weighted by Gasteiger charge is -2.30. The highest BCUT2D eigenvalue weighted by atomic mass is 16.6. The van der Waals surface area contributed by atoms with Crippen LogP contribution >= 0.6 is 0 Å². The molecule has 1 amide bonds. The molecule has 0 aromatic heterocycles. The lowest BCUT2D eigenvalue weighted by Crippen LogP contribution is -2.42. The van der Waals surface area contributed by atoms with E-state index in [1.807, 2.05) is 35.2 Å². The van der Waals surface area contributed by atoms with Gasteiger partial charge in [-0.25, -0.2) is 0 Å². The van der Waals surface area contributed by atoms with Crippen molar-refractivity contribution in [2.45, 2.75) is 25.5 Å². The van der Waals surface area contributed by atoms with Crippen LogP contribution in [0.5, 0.6) is 11.5 Å². The van der Waals surface area contributed by atoms with Crippen LogP contribution in [0.3, 0.4) is 0 Å². The van der Waals surface area contributed by atoms with Crippen molar-refractivity contribution in [3.63, 3.8) is 0 Å². The van der Waals surface area contributed by atoms with E-state index in [1.54, 1.807) is 14.2 Å². The number of hydrogen-bond donors (Lipinski definition) is 0. The van der Waals surface area contributed by atoms with Gasteiger partial charge >= 0.3 is 0 Å². The molecule has 2 aromatic carbocycles. The third kappa shape index (κ3) is 3.35. The van der Waals surface area contributed by atoms with Crippen LogP contribution < -0.4 is 9.47 Å². The molecular formula is C21H22N2O4. The maximum Gasteiger partial charge on any atom is 0.267 e. The van der Waals surface area contributed by atoms with Crippen molar-refractivity contribution in [1.82, 2.24) is 4.90 Å². The van der Waals surface area contributed by atoms with E-state index >= 15 is 0 Å². The molecule has 2 heterocycles. The fraction of sp³-hybridized carbons (Fsp3) is 0.333. The van der Waals surface area contributed by atoms with E-state index < -0.39 is 6.10 Å². The maximum atomic E-state index is 12.9. The molecule has 27 heavy (non-hydrogen) atoms. The van der Waals surface area contributed by atoms with Gasteiger partial charge in [0.05, 0.1) is 19.9 Å². The normalized spacial score (nSPS) is 18.4. The molecule has 1 atom stereocenters. The first kappa shape index (κ1) is 17.4. The molecule has 0 N–H and O–H groups in total. The summed E-state index contributed by atoms with van der Waals surface area (Å²) in [6.45, 7) is 1.34. The van der Waals surface area contributed by atoms with Crippen LogP contribution in [0.2, 0.25) is 0 Å². The first-order valence-corrected chi connectivity index (χ1v) is 9.00. The molecule has 6 heteroatoms. The summed E-state index contributed by atoms with van der Waals surface area (Å²) in [4.78, 5) is 20.2. The Morgan fingerprint density at radius 2 is 1.89 bits per heavy atom. The lowest BCUT2D eigenvalue weighted by molar-refractivity contribution is -0.143. The van der Waals surface area contributed by atoms with Gasteiger partial charge in [-0.3, -0.25) is 4.79 Å². The van der Waals surface area contributed by atoms with Crippen molar-refractivity contribution in [3.8, 4) is 11.5 Å². The van der Waals surface area contributed by atoms with Crippen LogP contribution in [-0.4, -0.2) is 43.4 Å². The minimum absolute atomic E-state index is 0.0104. The predicted octanol–water partition coefficient (Wildman–Crippen LogP) is 2.78. The highest BCUT2D eigenvalue weighted by molar-refractivity contribution is 6.04. The van der Waals surface area contributed by atoms with Crippen molar-refractivity contribution in [3.05, 3.63) is 59.2 Å². The second-order valence-electron chi connectivity index (χ2n) is 6.68. The van der Waals surface area contributed by atoms with E-state index in [9.17, 15) is 4.79 Å². The maximum absolute atomic E-state index is 12.9. The Kier molecular flexibility index (Phi) is 4.71. The molecule has 0 spiro atoms. The van der Waals surface area contributed by atoms with Crippen molar-refractivity contribution in [2.75, 3.05) is 20.8 Å². The van der Waals surface area contributed by atoms with Crippen LogP contribution in [0.15, 0.2) is 47.6 Å². The van der Waals surface area contributed by atoms with Crippen LogP contribution in [0, 0.1) is 0 Å². The van der Waals surface area contributed by atoms with Gasteiger partial charge in [-0.2, -0.15) is 0 Å². The van der Waals surface area contributed by atoms with Gasteiger partial charge in [-0.1, -0.05) is 29.4 Å². The summed E-state index contributed by atoms with van der Waals surface area (Å²) >= 11 is 0. The Balaban J connectivity index is 1.44. The summed E-state index contributed by atoms with van der Waals surface area (Å²) in [7, 11) is 3.19. The molecule has 2 aliphatic heterocycles. The number of benzene rings is 2. The van der Waals surface area contributed by atoms with E-state index in [-0.39, 0.29) is 5.91 Å². The molecule has 0 unspecified atom stereocenters. The van der Waals surface area contributed by atoms with Crippen molar-refractivity contribution < 1.29 is 19.1 Å². The van der Waals surface area contributed by atoms with Gasteiger partial charge in [-0.15, -0.1) is 0 Å². The summed E-state index contributed by atoms with van der Waals surface area (Å²) in [6, 6.07) is 13.8. The van der Waals surface area contributed by atoms with Crippen LogP contribution in [0.25, 0.3) is 0 Å². The second kappa shape index (κ2) is 7.31. The summed E-state index contributed by atoms with van der Waals surface area (Å²) in [5, 5.41) is 4.15. The third-order valence-electron chi connectivity index (χ3n) is 5.10. The van der Waals surface area contributed by atoms with Gasteiger partial charge in [-0.05, 0) is 35.7 Å². The summed E-state index contributed by atoms with van der Waals surface area (Å²) in [5.41, 5.74) is 4.13. The number of nitrogens with zero attached hydrogens (tertiary/aromatic N) is 2.